The molecule has 0 aromatic carbocycles. The molecule has 0 fully saturated rings. The molecule has 0 unspecified atom stereocenters. The van der Waals surface area contributed by atoms with Crippen molar-refractivity contribution in [2.45, 2.75) is 44.6 Å². The molecule has 6 heteroatoms. The van der Waals surface area contributed by atoms with Crippen molar-refractivity contribution in [3.05, 3.63) is 15.6 Å². The molecule has 1 aromatic rings. The van der Waals surface area contributed by atoms with Crippen LogP contribution in [-0.2, 0) is 26.8 Å². The lowest BCUT2D eigenvalue weighted by molar-refractivity contribution is 0.566. The third-order valence-corrected chi connectivity index (χ3v) is 5.74. The number of hydrogen-bond acceptors (Lipinski definition) is 5. The van der Waals surface area contributed by atoms with Gasteiger partial charge in [0, 0.05) is 21.8 Å². The minimum Gasteiger partial charge on any atom is -0.244 e. The monoisotopic (exact) mass is 293 g/mol. The highest BCUT2D eigenvalue weighted by atomic mass is 32.2. The van der Waals surface area contributed by atoms with Gasteiger partial charge in [-0.1, -0.05) is 27.7 Å². The highest BCUT2D eigenvalue weighted by Crippen LogP contribution is 2.31. The first kappa shape index (κ1) is 15.0. The zero-order valence-corrected chi connectivity index (χ0v) is 13.2. The van der Waals surface area contributed by atoms with E-state index in [1.807, 2.05) is 0 Å². The average Bonchev–Trinajstić information content (AvgIpc) is 2.60. The predicted octanol–water partition coefficient (Wildman–Crippen LogP) is 2.81. The lowest BCUT2D eigenvalue weighted by Crippen LogP contribution is -2.14. The van der Waals surface area contributed by atoms with Gasteiger partial charge in [0.2, 0.25) is 0 Å². The van der Waals surface area contributed by atoms with Crippen LogP contribution in [0.5, 0.6) is 0 Å². The summed E-state index contributed by atoms with van der Waals surface area (Å²) < 4.78 is 23.1. The molecule has 0 saturated heterocycles. The Morgan fingerprint density at radius 1 is 1.35 bits per heavy atom. The summed E-state index contributed by atoms with van der Waals surface area (Å²) in [6.45, 7) is 7.89. The zero-order valence-electron chi connectivity index (χ0n) is 10.6. The third-order valence-electron chi connectivity index (χ3n) is 2.38. The van der Waals surface area contributed by atoms with Crippen molar-refractivity contribution in [3.8, 4) is 0 Å². The van der Waals surface area contributed by atoms with Gasteiger partial charge in [-0.3, -0.25) is 0 Å². The Labute approximate surface area is 113 Å². The summed E-state index contributed by atoms with van der Waals surface area (Å²) in [6, 6.07) is 0. The first-order valence-electron chi connectivity index (χ1n) is 5.50. The highest BCUT2D eigenvalue weighted by Gasteiger charge is 2.24. The van der Waals surface area contributed by atoms with Crippen LogP contribution in [0.2, 0.25) is 0 Å². The molecule has 3 nitrogen and oxygen atoms in total. The molecule has 0 amide bonds. The fourth-order valence-electron chi connectivity index (χ4n) is 1.45. The number of sulfone groups is 1. The summed E-state index contributed by atoms with van der Waals surface area (Å²) in [6.07, 6.45) is 0. The molecule has 0 aliphatic carbocycles. The first-order chi connectivity index (χ1) is 7.69. The lowest BCUT2D eigenvalue weighted by atomic mass is 9.91. The maximum Gasteiger partial charge on any atom is 0.156 e. The molecule has 0 bridgehead atoms. The van der Waals surface area contributed by atoms with Crippen molar-refractivity contribution >= 4 is 33.8 Å². The van der Waals surface area contributed by atoms with Gasteiger partial charge in [0.05, 0.1) is 5.69 Å². The van der Waals surface area contributed by atoms with Gasteiger partial charge < -0.3 is 0 Å². The van der Waals surface area contributed by atoms with Crippen LogP contribution >= 0.6 is 24.0 Å². The normalized spacial score (nSPS) is 13.0. The Balaban J connectivity index is 3.10. The minimum absolute atomic E-state index is 0.0467. The zero-order chi connectivity index (χ0) is 13.3. The van der Waals surface area contributed by atoms with Crippen LogP contribution in [0.3, 0.4) is 0 Å². The molecule has 0 N–H and O–H groups in total. The summed E-state index contributed by atoms with van der Waals surface area (Å²) in [4.78, 5) is 5.55. The van der Waals surface area contributed by atoms with Crippen molar-refractivity contribution in [3.63, 3.8) is 0 Å². The first-order valence-corrected chi connectivity index (χ1v) is 8.77. The van der Waals surface area contributed by atoms with E-state index in [1.165, 1.54) is 11.3 Å². The Kier molecular flexibility index (Phi) is 4.66. The van der Waals surface area contributed by atoms with E-state index in [0.717, 1.165) is 10.6 Å². The molecule has 1 aromatic heterocycles. The SMILES string of the molecule is CCS(=O)(=O)Cc1nc(C(C)(C)C)c(CS)s1. The van der Waals surface area contributed by atoms with E-state index in [2.05, 4.69) is 38.4 Å². The molecule has 0 aliphatic heterocycles. The van der Waals surface area contributed by atoms with E-state index in [1.54, 1.807) is 6.92 Å². The molecule has 0 saturated carbocycles. The van der Waals surface area contributed by atoms with Crippen molar-refractivity contribution in [1.29, 1.82) is 0 Å². The molecule has 98 valence electrons. The minimum atomic E-state index is -3.01. The Hall–Kier alpha value is -0.0700. The molecule has 0 spiro atoms. The van der Waals surface area contributed by atoms with Crippen molar-refractivity contribution in [2.75, 3.05) is 5.75 Å². The summed E-state index contributed by atoms with van der Waals surface area (Å²) >= 11 is 5.74. The van der Waals surface area contributed by atoms with Crippen molar-refractivity contribution in [2.24, 2.45) is 0 Å². The van der Waals surface area contributed by atoms with E-state index in [9.17, 15) is 8.42 Å². The Morgan fingerprint density at radius 2 is 1.94 bits per heavy atom. The van der Waals surface area contributed by atoms with Crippen LogP contribution in [0.15, 0.2) is 0 Å². The molecule has 17 heavy (non-hydrogen) atoms. The second kappa shape index (κ2) is 5.28. The molecular weight excluding hydrogens is 274 g/mol. The average molecular weight is 293 g/mol. The van der Waals surface area contributed by atoms with E-state index in [0.29, 0.717) is 10.8 Å². The van der Waals surface area contributed by atoms with Gasteiger partial charge in [-0.25, -0.2) is 13.4 Å². The fraction of sp³-hybridized carbons (Fsp3) is 0.727. The molecule has 0 atom stereocenters. The van der Waals surface area contributed by atoms with Crippen LogP contribution in [-0.4, -0.2) is 19.2 Å². The largest absolute Gasteiger partial charge is 0.244 e. The quantitative estimate of drug-likeness (QED) is 0.868. The highest BCUT2D eigenvalue weighted by molar-refractivity contribution is 7.90. The third kappa shape index (κ3) is 3.96. The maximum atomic E-state index is 11.6. The molecular formula is C11H19NO2S3. The van der Waals surface area contributed by atoms with E-state index >= 15 is 0 Å². The molecule has 0 aliphatic rings. The van der Waals surface area contributed by atoms with Crippen LogP contribution in [0, 0.1) is 0 Å². The summed E-state index contributed by atoms with van der Waals surface area (Å²) in [5.41, 5.74) is 0.904. The molecule has 1 rings (SSSR count). The fourth-order valence-corrected chi connectivity index (χ4v) is 4.14. The number of nitrogens with zero attached hydrogens (tertiary/aromatic N) is 1. The van der Waals surface area contributed by atoms with Crippen LogP contribution in [0.25, 0.3) is 0 Å². The van der Waals surface area contributed by atoms with Gasteiger partial charge in [0.1, 0.15) is 10.8 Å². The van der Waals surface area contributed by atoms with Gasteiger partial charge in [0.25, 0.3) is 0 Å². The van der Waals surface area contributed by atoms with Gasteiger partial charge in [0.15, 0.2) is 9.84 Å². The number of hydrogen-bond donors (Lipinski definition) is 1. The second-order valence-electron chi connectivity index (χ2n) is 4.96. The van der Waals surface area contributed by atoms with Crippen LogP contribution < -0.4 is 0 Å². The van der Waals surface area contributed by atoms with Gasteiger partial charge in [-0.15, -0.1) is 11.3 Å². The summed E-state index contributed by atoms with van der Waals surface area (Å²) in [7, 11) is -3.01. The van der Waals surface area contributed by atoms with Crippen molar-refractivity contribution < 1.29 is 8.42 Å². The van der Waals surface area contributed by atoms with Crippen LogP contribution in [0.1, 0.15) is 43.3 Å². The summed E-state index contributed by atoms with van der Waals surface area (Å²) in [5.74, 6) is 0.815. The Bertz CT molecular complexity index is 483. The number of thiazole rings is 1. The predicted molar refractivity (Wildman–Crippen MR) is 76.7 cm³/mol. The smallest absolute Gasteiger partial charge is 0.156 e. The van der Waals surface area contributed by atoms with Gasteiger partial charge in [-0.2, -0.15) is 12.6 Å². The van der Waals surface area contributed by atoms with E-state index in [-0.39, 0.29) is 16.9 Å². The van der Waals surface area contributed by atoms with Crippen LogP contribution in [0.4, 0.5) is 0 Å². The number of thiol groups is 1. The van der Waals surface area contributed by atoms with E-state index < -0.39 is 9.84 Å². The topological polar surface area (TPSA) is 47.0 Å². The van der Waals surface area contributed by atoms with Gasteiger partial charge >= 0.3 is 0 Å². The molecule has 1 heterocycles. The summed E-state index contributed by atoms with van der Waals surface area (Å²) in [5, 5.41) is 0.681. The maximum absolute atomic E-state index is 11.6. The standard InChI is InChI=1S/C11H19NO2S3/c1-5-17(13,14)7-9-12-10(11(2,3)4)8(6-15)16-9/h15H,5-7H2,1-4H3. The second-order valence-corrected chi connectivity index (χ2v) is 8.80. The lowest BCUT2D eigenvalue weighted by Gasteiger charge is -2.16. The number of rotatable bonds is 4. The van der Waals surface area contributed by atoms with Gasteiger partial charge in [-0.05, 0) is 0 Å². The Morgan fingerprint density at radius 3 is 2.29 bits per heavy atom. The van der Waals surface area contributed by atoms with Crippen molar-refractivity contribution in [1.82, 2.24) is 4.98 Å². The molecule has 0 radical (unpaired) electrons. The van der Waals surface area contributed by atoms with E-state index in [4.69, 9.17) is 0 Å². The number of aromatic nitrogens is 1.